The van der Waals surface area contributed by atoms with Gasteiger partial charge in [0.15, 0.2) is 5.82 Å². The Balaban J connectivity index is 1.50. The van der Waals surface area contributed by atoms with Crippen LogP contribution in [-0.2, 0) is 20.5 Å². The topological polar surface area (TPSA) is 96.5 Å². The number of anilines is 3. The Kier molecular flexibility index (Phi) is 9.27. The van der Waals surface area contributed by atoms with Crippen LogP contribution < -0.4 is 16.0 Å². The van der Waals surface area contributed by atoms with Crippen molar-refractivity contribution >= 4 is 46.4 Å². The molecule has 3 aromatic carbocycles. The summed E-state index contributed by atoms with van der Waals surface area (Å²) in [5.74, 6) is -17.0. The molecule has 0 heterocycles. The third-order valence-corrected chi connectivity index (χ3v) is 6.72. The fourth-order valence-corrected chi connectivity index (χ4v) is 4.50. The zero-order chi connectivity index (χ0) is 34.4. The first-order valence-electron chi connectivity index (χ1n) is 12.3. The SMILES string of the molecule is O=C(COC(F)(F)F)Nc1c(F)ccc(NC(=O)c2cc(NC(=O)[C@H]3[C@H](c4cc(F)cc(C(F)(F)F)c4)C3(F)F)ccc2Cl)c1F. The number of rotatable bonds is 8. The van der Waals surface area contributed by atoms with E-state index in [1.165, 1.54) is 5.32 Å². The van der Waals surface area contributed by atoms with E-state index >= 15 is 0 Å². The summed E-state index contributed by atoms with van der Waals surface area (Å²) in [5, 5.41) is 5.18. The second-order valence-electron chi connectivity index (χ2n) is 9.61. The number of hydrogen-bond donors (Lipinski definition) is 3. The molecule has 0 unspecified atom stereocenters. The summed E-state index contributed by atoms with van der Waals surface area (Å²) in [6.07, 6.45) is -10.3. The summed E-state index contributed by atoms with van der Waals surface area (Å²) in [7, 11) is 0. The van der Waals surface area contributed by atoms with Gasteiger partial charge in [-0.1, -0.05) is 11.6 Å². The molecule has 0 aliphatic heterocycles. The van der Waals surface area contributed by atoms with Crippen molar-refractivity contribution in [1.82, 2.24) is 0 Å². The molecule has 3 amide bonds. The van der Waals surface area contributed by atoms with Gasteiger partial charge in [-0.3, -0.25) is 19.1 Å². The highest BCUT2D eigenvalue weighted by Gasteiger charge is 2.72. The van der Waals surface area contributed by atoms with Crippen LogP contribution in [0.15, 0.2) is 48.5 Å². The van der Waals surface area contributed by atoms with Crippen molar-refractivity contribution in [1.29, 1.82) is 0 Å². The van der Waals surface area contributed by atoms with Crippen LogP contribution in [0.5, 0.6) is 0 Å². The van der Waals surface area contributed by atoms with E-state index < -0.39 is 100 Å². The molecule has 4 rings (SSSR count). The summed E-state index contributed by atoms with van der Waals surface area (Å²) in [6, 6.07) is 4.94. The maximum atomic E-state index is 14.9. The van der Waals surface area contributed by atoms with Crippen molar-refractivity contribution in [3.63, 3.8) is 0 Å². The Bertz CT molecular complexity index is 1710. The third-order valence-electron chi connectivity index (χ3n) is 6.39. The number of carbonyl (C=O) groups excluding carboxylic acids is 3. The molecule has 1 aliphatic rings. The summed E-state index contributed by atoms with van der Waals surface area (Å²) in [5.41, 5.74) is -5.24. The highest BCUT2D eigenvalue weighted by atomic mass is 35.5. The van der Waals surface area contributed by atoms with E-state index in [2.05, 4.69) is 4.74 Å². The molecule has 0 aromatic heterocycles. The Morgan fingerprint density at radius 2 is 1.54 bits per heavy atom. The molecular formula is C27H15ClF11N3O4. The van der Waals surface area contributed by atoms with Crippen LogP contribution >= 0.6 is 11.6 Å². The van der Waals surface area contributed by atoms with Crippen molar-refractivity contribution in [3.8, 4) is 0 Å². The molecule has 19 heteroatoms. The van der Waals surface area contributed by atoms with Crippen LogP contribution in [0.4, 0.5) is 65.4 Å². The monoisotopic (exact) mass is 689 g/mol. The van der Waals surface area contributed by atoms with Gasteiger partial charge in [0, 0.05) is 5.69 Å². The molecule has 0 bridgehead atoms. The van der Waals surface area contributed by atoms with Crippen molar-refractivity contribution < 1.29 is 67.4 Å². The van der Waals surface area contributed by atoms with Gasteiger partial charge in [0.2, 0.25) is 5.91 Å². The van der Waals surface area contributed by atoms with Gasteiger partial charge in [0.1, 0.15) is 29.8 Å². The van der Waals surface area contributed by atoms with Gasteiger partial charge in [0.25, 0.3) is 17.7 Å². The van der Waals surface area contributed by atoms with E-state index in [0.717, 1.165) is 18.2 Å². The standard InChI is InChI=1S/C27H15ClF11N3O4/c28-15-2-1-13(40-24(45)20-19(25(20,32)33)10-5-11(26(34,35)36)7-12(29)6-10)8-14(15)23(44)41-17-4-3-16(30)22(21(17)31)42-18(43)9-46-27(37,38)39/h1-8,19-20H,9H2,(H,40,45)(H,41,44)(H,42,43)/t19-,20+/m0/s1. The number of ether oxygens (including phenoxy) is 1. The summed E-state index contributed by atoms with van der Waals surface area (Å²) in [4.78, 5) is 37.1. The fraction of sp³-hybridized carbons (Fsp3) is 0.222. The molecule has 0 radical (unpaired) electrons. The van der Waals surface area contributed by atoms with Crippen molar-refractivity contribution in [2.75, 3.05) is 22.6 Å². The zero-order valence-corrected chi connectivity index (χ0v) is 22.9. The highest BCUT2D eigenvalue weighted by Crippen LogP contribution is 2.62. The van der Waals surface area contributed by atoms with E-state index in [9.17, 15) is 62.7 Å². The quantitative estimate of drug-likeness (QED) is 0.214. The Labute approximate surface area is 254 Å². The molecule has 1 saturated carbocycles. The highest BCUT2D eigenvalue weighted by molar-refractivity contribution is 6.34. The van der Waals surface area contributed by atoms with Gasteiger partial charge in [-0.2, -0.15) is 13.2 Å². The Morgan fingerprint density at radius 3 is 2.17 bits per heavy atom. The normalized spacial score (nSPS) is 17.3. The van der Waals surface area contributed by atoms with Gasteiger partial charge in [-0.15, -0.1) is 13.2 Å². The van der Waals surface area contributed by atoms with E-state index in [4.69, 9.17) is 11.6 Å². The summed E-state index contributed by atoms with van der Waals surface area (Å²) in [6.45, 7) is -1.66. The molecule has 0 saturated heterocycles. The van der Waals surface area contributed by atoms with Crippen LogP contribution in [0, 0.1) is 23.4 Å². The van der Waals surface area contributed by atoms with Gasteiger partial charge >= 0.3 is 12.5 Å². The van der Waals surface area contributed by atoms with Crippen LogP contribution in [0.1, 0.15) is 27.4 Å². The minimum atomic E-state index is -5.22. The number of nitrogens with one attached hydrogen (secondary N) is 3. The minimum Gasteiger partial charge on any atom is -0.326 e. The van der Waals surface area contributed by atoms with Crippen LogP contribution in [0.3, 0.4) is 0 Å². The number of amides is 3. The molecule has 246 valence electrons. The maximum absolute atomic E-state index is 14.9. The second kappa shape index (κ2) is 12.4. The molecule has 1 fully saturated rings. The predicted octanol–water partition coefficient (Wildman–Crippen LogP) is 7.49. The number of carbonyl (C=O) groups is 3. The van der Waals surface area contributed by atoms with Crippen molar-refractivity contribution in [2.24, 2.45) is 5.92 Å². The van der Waals surface area contributed by atoms with E-state index in [-0.39, 0.29) is 16.8 Å². The van der Waals surface area contributed by atoms with Crippen molar-refractivity contribution in [3.05, 3.63) is 87.7 Å². The lowest BCUT2D eigenvalue weighted by Crippen LogP contribution is -2.25. The number of benzene rings is 3. The number of hydrogen-bond acceptors (Lipinski definition) is 4. The van der Waals surface area contributed by atoms with E-state index in [1.807, 2.05) is 10.6 Å². The van der Waals surface area contributed by atoms with Crippen molar-refractivity contribution in [2.45, 2.75) is 24.4 Å². The zero-order valence-electron chi connectivity index (χ0n) is 22.1. The Morgan fingerprint density at radius 1 is 0.870 bits per heavy atom. The lowest BCUT2D eigenvalue weighted by atomic mass is 10.0. The molecule has 3 N–H and O–H groups in total. The average molecular weight is 690 g/mol. The average Bonchev–Trinajstić information content (AvgIpc) is 3.53. The number of halogens is 12. The lowest BCUT2D eigenvalue weighted by molar-refractivity contribution is -0.320. The Hall–Kier alpha value is -4.45. The van der Waals surface area contributed by atoms with Crippen LogP contribution in [0.25, 0.3) is 0 Å². The van der Waals surface area contributed by atoms with Gasteiger partial charge in [-0.05, 0) is 54.1 Å². The fourth-order valence-electron chi connectivity index (χ4n) is 4.30. The second-order valence-corrected chi connectivity index (χ2v) is 10.0. The first-order chi connectivity index (χ1) is 21.2. The smallest absolute Gasteiger partial charge is 0.326 e. The molecule has 2 atom stereocenters. The molecule has 7 nitrogen and oxygen atoms in total. The maximum Gasteiger partial charge on any atom is 0.523 e. The van der Waals surface area contributed by atoms with Gasteiger partial charge < -0.3 is 16.0 Å². The lowest BCUT2D eigenvalue weighted by Gasteiger charge is -2.14. The first kappa shape index (κ1) is 34.4. The molecule has 1 aliphatic carbocycles. The summed E-state index contributed by atoms with van der Waals surface area (Å²) < 4.78 is 151. The van der Waals surface area contributed by atoms with Crippen LogP contribution in [-0.4, -0.2) is 36.6 Å². The molecule has 46 heavy (non-hydrogen) atoms. The number of alkyl halides is 8. The predicted molar refractivity (Wildman–Crippen MR) is 138 cm³/mol. The van der Waals surface area contributed by atoms with Gasteiger partial charge in [0.05, 0.1) is 27.8 Å². The third kappa shape index (κ3) is 7.67. The minimum absolute atomic E-state index is 0.0989. The molecular weight excluding hydrogens is 675 g/mol. The first-order valence-corrected chi connectivity index (χ1v) is 12.7. The van der Waals surface area contributed by atoms with Gasteiger partial charge in [-0.25, -0.2) is 22.0 Å². The van der Waals surface area contributed by atoms with Crippen LogP contribution in [0.2, 0.25) is 5.02 Å². The van der Waals surface area contributed by atoms with E-state index in [1.54, 1.807) is 0 Å². The van der Waals surface area contributed by atoms with E-state index in [0.29, 0.717) is 24.3 Å². The largest absolute Gasteiger partial charge is 0.523 e. The molecule has 0 spiro atoms. The summed E-state index contributed by atoms with van der Waals surface area (Å²) >= 11 is 5.98. The molecule has 3 aromatic rings.